The molecule has 2 heterocycles. The molecule has 0 spiro atoms. The van der Waals surface area contributed by atoms with Crippen molar-refractivity contribution in [1.29, 1.82) is 0 Å². The first kappa shape index (κ1) is 20.2. The van der Waals surface area contributed by atoms with Gasteiger partial charge in [-0.2, -0.15) is 0 Å². The SMILES string of the molecule is O=C(NC1CCCCCCC1)[C@H]1CCC(=O)N(CCCN2CCCC2=O)C1. The van der Waals surface area contributed by atoms with Crippen molar-refractivity contribution in [3.63, 3.8) is 0 Å². The molecule has 0 bridgehead atoms. The minimum atomic E-state index is -0.0819. The molecule has 1 saturated carbocycles. The Morgan fingerprint density at radius 3 is 2.22 bits per heavy atom. The van der Waals surface area contributed by atoms with E-state index in [0.29, 0.717) is 38.4 Å². The van der Waals surface area contributed by atoms with Gasteiger partial charge < -0.3 is 15.1 Å². The topological polar surface area (TPSA) is 69.7 Å². The van der Waals surface area contributed by atoms with E-state index in [1.807, 2.05) is 9.80 Å². The van der Waals surface area contributed by atoms with Crippen LogP contribution in [0.1, 0.15) is 77.0 Å². The van der Waals surface area contributed by atoms with Crippen molar-refractivity contribution < 1.29 is 14.4 Å². The number of likely N-dealkylation sites (tertiary alicyclic amines) is 2. The molecule has 1 atom stereocenters. The number of amides is 3. The number of carbonyl (C=O) groups excluding carboxylic acids is 3. The zero-order valence-electron chi connectivity index (χ0n) is 16.6. The standard InChI is InChI=1S/C21H35N3O3/c25-19-10-6-13-23(19)14-7-15-24-16-17(11-12-20(24)26)21(27)22-18-8-4-2-1-3-5-9-18/h17-18H,1-16H2,(H,22,27)/t17-/m0/s1. The monoisotopic (exact) mass is 377 g/mol. The van der Waals surface area contributed by atoms with Gasteiger partial charge in [0.15, 0.2) is 0 Å². The van der Waals surface area contributed by atoms with Crippen LogP contribution in [0.3, 0.4) is 0 Å². The highest BCUT2D eigenvalue weighted by Crippen LogP contribution is 2.21. The summed E-state index contributed by atoms with van der Waals surface area (Å²) < 4.78 is 0. The van der Waals surface area contributed by atoms with Gasteiger partial charge in [0.25, 0.3) is 0 Å². The molecule has 3 aliphatic rings. The number of carbonyl (C=O) groups is 3. The molecule has 3 rings (SSSR count). The molecule has 3 fully saturated rings. The van der Waals surface area contributed by atoms with Gasteiger partial charge in [0, 0.05) is 45.1 Å². The van der Waals surface area contributed by atoms with Gasteiger partial charge in [0.1, 0.15) is 0 Å². The van der Waals surface area contributed by atoms with Crippen LogP contribution in [0.5, 0.6) is 0 Å². The summed E-state index contributed by atoms with van der Waals surface area (Å²) in [6.45, 7) is 2.75. The van der Waals surface area contributed by atoms with Gasteiger partial charge in [-0.15, -0.1) is 0 Å². The molecule has 2 aliphatic heterocycles. The van der Waals surface area contributed by atoms with Crippen LogP contribution in [0.15, 0.2) is 0 Å². The molecule has 1 N–H and O–H groups in total. The molecule has 2 saturated heterocycles. The molecule has 0 radical (unpaired) electrons. The quantitative estimate of drug-likeness (QED) is 0.773. The van der Waals surface area contributed by atoms with Gasteiger partial charge in [0.2, 0.25) is 17.7 Å². The molecule has 1 aliphatic carbocycles. The summed E-state index contributed by atoms with van der Waals surface area (Å²) >= 11 is 0. The highest BCUT2D eigenvalue weighted by atomic mass is 16.2. The number of piperidine rings is 1. The molecular formula is C21H35N3O3. The van der Waals surface area contributed by atoms with Crippen LogP contribution in [0.4, 0.5) is 0 Å². The molecule has 27 heavy (non-hydrogen) atoms. The van der Waals surface area contributed by atoms with E-state index < -0.39 is 0 Å². The van der Waals surface area contributed by atoms with Crippen LogP contribution in [-0.4, -0.2) is 59.7 Å². The van der Waals surface area contributed by atoms with Gasteiger partial charge in [-0.3, -0.25) is 14.4 Å². The van der Waals surface area contributed by atoms with Crippen LogP contribution >= 0.6 is 0 Å². The summed E-state index contributed by atoms with van der Waals surface area (Å²) in [5.41, 5.74) is 0. The van der Waals surface area contributed by atoms with Gasteiger partial charge in [0.05, 0.1) is 5.92 Å². The lowest BCUT2D eigenvalue weighted by Crippen LogP contribution is -2.48. The molecular weight excluding hydrogens is 342 g/mol. The maximum Gasteiger partial charge on any atom is 0.225 e. The fraction of sp³-hybridized carbons (Fsp3) is 0.857. The summed E-state index contributed by atoms with van der Waals surface area (Å²) in [4.78, 5) is 40.4. The Morgan fingerprint density at radius 2 is 1.52 bits per heavy atom. The maximum absolute atomic E-state index is 12.7. The van der Waals surface area contributed by atoms with E-state index in [9.17, 15) is 14.4 Å². The number of nitrogens with zero attached hydrogens (tertiary/aromatic N) is 2. The number of nitrogens with one attached hydrogen (secondary N) is 1. The minimum Gasteiger partial charge on any atom is -0.353 e. The van der Waals surface area contributed by atoms with E-state index in [0.717, 1.165) is 38.8 Å². The highest BCUT2D eigenvalue weighted by molar-refractivity contribution is 5.84. The molecule has 0 aromatic carbocycles. The van der Waals surface area contributed by atoms with Crippen LogP contribution in [0, 0.1) is 5.92 Å². The van der Waals surface area contributed by atoms with Crippen LogP contribution in [0.25, 0.3) is 0 Å². The van der Waals surface area contributed by atoms with Crippen molar-refractivity contribution in [1.82, 2.24) is 15.1 Å². The highest BCUT2D eigenvalue weighted by Gasteiger charge is 2.31. The second kappa shape index (κ2) is 10.1. The summed E-state index contributed by atoms with van der Waals surface area (Å²) in [5.74, 6) is 0.434. The lowest BCUT2D eigenvalue weighted by Gasteiger charge is -2.33. The molecule has 0 aromatic rings. The molecule has 0 unspecified atom stereocenters. The molecule has 0 aromatic heterocycles. The fourth-order valence-electron chi connectivity index (χ4n) is 4.66. The van der Waals surface area contributed by atoms with E-state index in [2.05, 4.69) is 5.32 Å². The third-order valence-electron chi connectivity index (χ3n) is 6.35. The van der Waals surface area contributed by atoms with Crippen molar-refractivity contribution in [3.8, 4) is 0 Å². The largest absolute Gasteiger partial charge is 0.353 e. The van der Waals surface area contributed by atoms with E-state index >= 15 is 0 Å². The Bertz CT molecular complexity index is 529. The first-order valence-electron chi connectivity index (χ1n) is 11.0. The first-order valence-corrected chi connectivity index (χ1v) is 11.0. The first-order chi connectivity index (χ1) is 13.1. The number of hydrogen-bond acceptors (Lipinski definition) is 3. The Kier molecular flexibility index (Phi) is 7.53. The summed E-state index contributed by atoms with van der Waals surface area (Å²) in [7, 11) is 0. The van der Waals surface area contributed by atoms with Crippen molar-refractivity contribution in [2.24, 2.45) is 5.92 Å². The van der Waals surface area contributed by atoms with E-state index in [1.165, 1.54) is 32.1 Å². The third kappa shape index (κ3) is 5.94. The van der Waals surface area contributed by atoms with Crippen molar-refractivity contribution in [2.75, 3.05) is 26.2 Å². The molecule has 6 nitrogen and oxygen atoms in total. The van der Waals surface area contributed by atoms with Gasteiger partial charge in [-0.05, 0) is 32.1 Å². The number of hydrogen-bond donors (Lipinski definition) is 1. The van der Waals surface area contributed by atoms with E-state index in [1.54, 1.807) is 0 Å². The van der Waals surface area contributed by atoms with Gasteiger partial charge in [-0.1, -0.05) is 32.1 Å². The van der Waals surface area contributed by atoms with Crippen molar-refractivity contribution in [2.45, 2.75) is 83.1 Å². The second-order valence-corrected chi connectivity index (χ2v) is 8.46. The lowest BCUT2D eigenvalue weighted by molar-refractivity contribution is -0.138. The van der Waals surface area contributed by atoms with Crippen LogP contribution in [-0.2, 0) is 14.4 Å². The van der Waals surface area contributed by atoms with Crippen molar-refractivity contribution in [3.05, 3.63) is 0 Å². The number of rotatable bonds is 6. The summed E-state index contributed by atoms with van der Waals surface area (Å²) in [6.07, 6.45) is 12.0. The predicted molar refractivity (Wildman–Crippen MR) is 104 cm³/mol. The third-order valence-corrected chi connectivity index (χ3v) is 6.35. The Labute approximate surface area is 163 Å². The Morgan fingerprint density at radius 1 is 0.852 bits per heavy atom. The maximum atomic E-state index is 12.7. The van der Waals surface area contributed by atoms with Gasteiger partial charge >= 0.3 is 0 Å². The van der Waals surface area contributed by atoms with Crippen LogP contribution in [0.2, 0.25) is 0 Å². The smallest absolute Gasteiger partial charge is 0.225 e. The zero-order chi connectivity index (χ0) is 19.1. The summed E-state index contributed by atoms with van der Waals surface area (Å²) in [6, 6.07) is 0.310. The molecule has 3 amide bonds. The zero-order valence-corrected chi connectivity index (χ0v) is 16.6. The average Bonchev–Trinajstić information content (AvgIpc) is 3.03. The fourth-order valence-corrected chi connectivity index (χ4v) is 4.66. The summed E-state index contributed by atoms with van der Waals surface area (Å²) in [5, 5.41) is 3.27. The Hall–Kier alpha value is -1.59. The second-order valence-electron chi connectivity index (χ2n) is 8.46. The van der Waals surface area contributed by atoms with Gasteiger partial charge in [-0.25, -0.2) is 0 Å². The Balaban J connectivity index is 1.43. The van der Waals surface area contributed by atoms with Crippen molar-refractivity contribution >= 4 is 17.7 Å². The minimum absolute atomic E-state index is 0.0819. The van der Waals surface area contributed by atoms with E-state index in [4.69, 9.17) is 0 Å². The molecule has 6 heteroatoms. The molecule has 152 valence electrons. The lowest BCUT2D eigenvalue weighted by atomic mass is 9.93. The predicted octanol–water partition coefficient (Wildman–Crippen LogP) is 2.47. The average molecular weight is 378 g/mol. The van der Waals surface area contributed by atoms with Crippen LogP contribution < -0.4 is 5.32 Å². The van der Waals surface area contributed by atoms with E-state index in [-0.39, 0.29) is 23.6 Å². The normalized spacial score (nSPS) is 25.4.